The Bertz CT molecular complexity index is 5540. The molecule has 3 N–H and O–H groups in total. The number of hydrogen-bond acceptors (Lipinski definition) is 23. The molecule has 6 amide bonds. The summed E-state index contributed by atoms with van der Waals surface area (Å²) < 4.78 is 180. The maximum absolute atomic E-state index is 16.1. The van der Waals surface area contributed by atoms with Gasteiger partial charge < -0.3 is 92.4 Å². The largest absolute Gasteiger partial charge is 0.586 e. The number of alkyl carbamates (subject to hydrolysis) is 3. The molecule has 40 heteroatoms. The summed E-state index contributed by atoms with van der Waals surface area (Å²) in [5, 5.41) is 8.04. The minimum absolute atomic E-state index is 0. The number of pyridine rings is 2. The van der Waals surface area contributed by atoms with Crippen molar-refractivity contribution in [3.63, 3.8) is 0 Å². The predicted molar refractivity (Wildman–Crippen MR) is 473 cm³/mol. The summed E-state index contributed by atoms with van der Waals surface area (Å²) in [7, 11) is 2.85. The van der Waals surface area contributed by atoms with Crippen molar-refractivity contribution in [2.24, 2.45) is 63.6 Å². The average Bonchev–Trinajstić information content (AvgIpc) is 1.66. The average molecular weight is 2050 g/mol. The van der Waals surface area contributed by atoms with E-state index in [1.54, 1.807) is 75.3 Å². The van der Waals surface area contributed by atoms with Crippen molar-refractivity contribution >= 4 is 87.7 Å². The number of amides is 6. The van der Waals surface area contributed by atoms with Crippen LogP contribution in [0, 0.1) is 75.2 Å². The van der Waals surface area contributed by atoms with Gasteiger partial charge in [0.25, 0.3) is 11.8 Å². The molecule has 3 radical (unpaired) electrons. The van der Waals surface area contributed by atoms with Gasteiger partial charge in [-0.25, -0.2) is 79.5 Å². The topological polar surface area (TPSA) is 343 Å². The van der Waals surface area contributed by atoms with E-state index < -0.39 is 196 Å². The molecule has 20 atom stereocenters. The normalized spacial score (nSPS) is 30.6. The number of methoxy groups -OCH3 is 2. The fourth-order valence-electron chi connectivity index (χ4n) is 20.8. The fraction of sp³-hybridized carbons (Fsp3) is 0.643. The van der Waals surface area contributed by atoms with E-state index in [1.165, 1.54) is 71.4 Å². The van der Waals surface area contributed by atoms with E-state index in [2.05, 4.69) is 35.6 Å². The monoisotopic (exact) mass is 2040 g/mol. The Morgan fingerprint density at radius 1 is 0.486 bits per heavy atom. The zero-order valence-corrected chi connectivity index (χ0v) is 84.1. The van der Waals surface area contributed by atoms with E-state index in [1.807, 2.05) is 39.6 Å². The molecule has 3 saturated heterocycles. The molecule has 138 heavy (non-hydrogen) atoms. The van der Waals surface area contributed by atoms with Crippen molar-refractivity contribution in [1.29, 1.82) is 0 Å². The van der Waals surface area contributed by atoms with Gasteiger partial charge in [0.15, 0.2) is 5.75 Å². The molecule has 4 aliphatic carbocycles. The van der Waals surface area contributed by atoms with Crippen LogP contribution < -0.4 is 49.1 Å². The minimum Gasteiger partial charge on any atom is -0.540 e. The van der Waals surface area contributed by atoms with Crippen molar-refractivity contribution in [2.75, 3.05) is 33.9 Å². The number of aryl methyl sites for hydroxylation is 1. The molecule has 6 aromatic rings. The quantitative estimate of drug-likeness (QED) is 0.0759. The van der Waals surface area contributed by atoms with E-state index in [-0.39, 0.29) is 163 Å². The molecule has 0 spiro atoms. The van der Waals surface area contributed by atoms with Crippen molar-refractivity contribution in [1.82, 2.24) is 50.6 Å². The third-order valence-corrected chi connectivity index (χ3v) is 28.9. The first-order valence-electron chi connectivity index (χ1n) is 46.9. The number of alkyl halides is 6. The fourth-order valence-corrected chi connectivity index (χ4v) is 20.8. The summed E-state index contributed by atoms with van der Waals surface area (Å²) in [5.41, 5.74) is -3.86. The Morgan fingerprint density at radius 3 is 1.44 bits per heavy atom. The van der Waals surface area contributed by atoms with Crippen LogP contribution in [-0.4, -0.2) is 202 Å². The van der Waals surface area contributed by atoms with Gasteiger partial charge in [-0.1, -0.05) is 140 Å². The molecule has 6 bridgehead atoms. The Kier molecular flexibility index (Phi) is 32.9. The molecular formula is C98H119F8N10O19V3-3. The summed E-state index contributed by atoms with van der Waals surface area (Å²) in [4.78, 5) is 140. The van der Waals surface area contributed by atoms with Crippen LogP contribution in [0.4, 0.5) is 49.5 Å². The van der Waals surface area contributed by atoms with Crippen LogP contribution in [0.1, 0.15) is 222 Å². The first-order valence-corrected chi connectivity index (χ1v) is 46.9. The molecule has 3 aromatic heterocycles. The zero-order chi connectivity index (χ0) is 97.4. The van der Waals surface area contributed by atoms with Crippen molar-refractivity contribution < 1.29 is 181 Å². The number of rotatable bonds is 7. The van der Waals surface area contributed by atoms with E-state index in [9.17, 15) is 51.9 Å². The number of halogens is 8. The Labute approximate surface area is 832 Å². The number of ether oxygens (including phenoxy) is 10. The van der Waals surface area contributed by atoms with Gasteiger partial charge in [0, 0.05) is 97.3 Å². The second-order valence-electron chi connectivity index (χ2n) is 41.4. The number of carbonyl (C=O) groups excluding carboxylic acids is 9. The number of nitrogens with zero attached hydrogens (tertiary/aromatic N) is 7. The molecule has 7 fully saturated rings. The van der Waals surface area contributed by atoms with Crippen LogP contribution in [0.3, 0.4) is 0 Å². The number of hydrogen-bond donors (Lipinski definition) is 3. The maximum Gasteiger partial charge on any atom is 0.586 e. The molecule has 2 unspecified atom stereocenters. The third-order valence-electron chi connectivity index (χ3n) is 28.9. The second kappa shape index (κ2) is 42.2. The number of nitrogens with one attached hydrogen (secondary N) is 3. The first-order chi connectivity index (χ1) is 63.7. The Hall–Kier alpha value is -9.16. The summed E-state index contributed by atoms with van der Waals surface area (Å²) in [6.45, 7) is 22.9. The molecule has 7 aliphatic heterocycles. The van der Waals surface area contributed by atoms with Gasteiger partial charge >= 0.3 is 24.6 Å². The van der Waals surface area contributed by atoms with Crippen LogP contribution in [0.25, 0.3) is 32.8 Å². The van der Waals surface area contributed by atoms with Gasteiger partial charge in [-0.15, -0.1) is 8.78 Å². The summed E-state index contributed by atoms with van der Waals surface area (Å²) in [6.07, 6.45) is 5.27. The predicted octanol–water partition coefficient (Wildman–Crippen LogP) is 16.7. The first kappa shape index (κ1) is 108. The van der Waals surface area contributed by atoms with Gasteiger partial charge in [0.1, 0.15) is 99.7 Å². The third kappa shape index (κ3) is 22.6. The molecule has 29 nitrogen and oxygen atoms in total. The smallest absolute Gasteiger partial charge is 0.540 e. The second-order valence-corrected chi connectivity index (χ2v) is 41.4. The van der Waals surface area contributed by atoms with Crippen molar-refractivity contribution in [2.45, 2.75) is 303 Å². The van der Waals surface area contributed by atoms with Crippen molar-refractivity contribution in [3.05, 3.63) is 77.0 Å². The van der Waals surface area contributed by atoms with Crippen LogP contribution >= 0.6 is 0 Å². The summed E-state index contributed by atoms with van der Waals surface area (Å²) in [5.74, 6) is -12.3. The van der Waals surface area contributed by atoms with Gasteiger partial charge in [-0.05, 0) is 172 Å². The van der Waals surface area contributed by atoms with Crippen LogP contribution in [0.5, 0.6) is 40.6 Å². The molecule has 17 rings (SSSR count). The SMILES string of the molecule is CC[C@@H]1[C@@H]2CN(C(=O)[C@H](C(C)(C)C)NC(=O)O[C@@H]3C[C@H]3CCCCC(F)(F)c3c(nc4cc(OC)ccc4c3F)O2)[C@@H]1[C-]=O.CC[C@@H]1[C@@H]2CN(C(=O)[C@H](C(C)(C)C)NC(=O)O[C@]3(C)C[C@H]3CCCCC(F)(F)c3c(nc4cc(OC)ccc4c3F)O2)[C@@H]1[C-]=O.C[C@@H]1[C@@H]2CN(C(=O)[C@H](C(C)(C)C)NC(=O)O[C@@H]3CC4CC4[C@H]3CCCCCc3nc4ccc5c(c4nc3O2)OC(F)(F)O5)[C@@H]1[C-]=O.[V].[V].[V]. The van der Waals surface area contributed by atoms with E-state index >= 15 is 26.3 Å². The number of carbonyl (C=O) groups is 6. The minimum atomic E-state index is -3.84. The van der Waals surface area contributed by atoms with Gasteiger partial charge in [0.05, 0.1) is 50.4 Å². The molecule has 749 valence electrons. The van der Waals surface area contributed by atoms with E-state index in [0.29, 0.717) is 92.3 Å². The zero-order valence-electron chi connectivity index (χ0n) is 79.9. The van der Waals surface area contributed by atoms with Crippen molar-refractivity contribution in [3.8, 4) is 40.6 Å². The molecule has 10 heterocycles. The molecule has 4 saturated carbocycles. The van der Waals surface area contributed by atoms with Gasteiger partial charge in [-0.3, -0.25) is 14.4 Å². The Balaban J connectivity index is 0.000000184. The number of fused-ring (bicyclic) bond motifs is 19. The molecule has 3 aromatic carbocycles. The summed E-state index contributed by atoms with van der Waals surface area (Å²) in [6, 6.07) is 5.14. The molecular weight excluding hydrogens is 1930 g/mol. The van der Waals surface area contributed by atoms with Gasteiger partial charge in [0.2, 0.25) is 41.1 Å². The number of aromatic nitrogens is 4. The maximum atomic E-state index is 16.1. The van der Waals surface area contributed by atoms with Gasteiger partial charge in [-0.2, -0.15) is 0 Å². The van der Waals surface area contributed by atoms with E-state index in [4.69, 9.17) is 47.6 Å². The van der Waals surface area contributed by atoms with Crippen LogP contribution in [0.15, 0.2) is 48.5 Å². The van der Waals surface area contributed by atoms with Crippen LogP contribution in [0.2, 0.25) is 0 Å². The standard InChI is InChI=1S/C33H41F3N3O6.C33H39F2N4O7.C32H39F3N3O6.3V/c1-7-20-23(17-40)39-16-24(20)44-28-25(26(34)21-12-11-19(43-6)14-22(21)37-28)33(35,36)13-9-8-10-18-15-32(18,5)45-30(42)38-27(29(39)41)31(2,3)4;1-16-22(15-40)39-14-25(16)43-29-21(36-20-10-11-23-27(26(20)37-29)46-33(34,35)45-23)9-7-5-6-8-18-19-12-17(19)13-24(18)44-31(42)38-28(30(39)41)32(2,3)4;1-6-19-22(16-39)38-15-24(19)43-28-25(26(33)20-11-10-18(42-5)14-21(20)36-28)32(34,35)12-8-7-9-17-13-23(17)44-30(41)37-27(29(38)40)31(2,3)4;;;/h11-12,14,18,20,23-24,27H,7-10,13,15-16H2,1-6H3,(H,38,42);10-11,16-19,22,24-25,28H,5-9,12-14H2,1-4H3,(H,38,42);10-11,14,17,19,22-24,27H,6-9,12-13,15H2,1-5H3,(H,37,41);;;/q3*-1;;;/t18-,20+,23-,24+,27-,32-;16-,17?,18+,19?,22+,24+,25-,28+;17-,19+,22-,23-,24+,27-;;;/m101.../s1. The summed E-state index contributed by atoms with van der Waals surface area (Å²) >= 11 is 0. The van der Waals surface area contributed by atoms with Crippen LogP contribution in [-0.2, 0) is 117 Å². The van der Waals surface area contributed by atoms with E-state index in [0.717, 1.165) is 38.5 Å². The number of benzene rings is 3. The Morgan fingerprint density at radius 2 is 0.949 bits per heavy atom. The molecule has 11 aliphatic rings.